The molecule has 6 nitrogen and oxygen atoms in total. The molecule has 2 aromatic heterocycles. The average molecular weight is 454 g/mol. The SMILES string of the molecule is Cc1nc2c(C)nnc(N[C@H](C)c3cccc(C(F)F)c3)c2cc1N1CC2CCOCC1C2. The molecule has 2 saturated heterocycles. The number of ether oxygens (including phenoxy) is 1. The minimum absolute atomic E-state index is 0.0128. The Balaban J connectivity index is 1.51. The molecule has 0 aliphatic carbocycles. The Labute approximate surface area is 192 Å². The molecule has 2 unspecified atom stereocenters. The Hall–Kier alpha value is -2.87. The van der Waals surface area contributed by atoms with E-state index in [1.807, 2.05) is 26.8 Å². The van der Waals surface area contributed by atoms with Crippen LogP contribution in [-0.4, -0.2) is 41.0 Å². The molecule has 2 aliphatic rings. The molecule has 2 aliphatic heterocycles. The summed E-state index contributed by atoms with van der Waals surface area (Å²) < 4.78 is 32.2. The van der Waals surface area contributed by atoms with Crippen molar-refractivity contribution in [3.63, 3.8) is 0 Å². The first-order valence-electron chi connectivity index (χ1n) is 11.5. The lowest BCUT2D eigenvalue weighted by Crippen LogP contribution is -2.34. The van der Waals surface area contributed by atoms with Crippen LogP contribution in [0.15, 0.2) is 30.3 Å². The molecular weight excluding hydrogens is 424 g/mol. The molecule has 174 valence electrons. The first-order valence-corrected chi connectivity index (χ1v) is 11.5. The van der Waals surface area contributed by atoms with E-state index in [9.17, 15) is 8.78 Å². The zero-order chi connectivity index (χ0) is 23.1. The quantitative estimate of drug-likeness (QED) is 0.561. The van der Waals surface area contributed by atoms with Gasteiger partial charge in [-0.3, -0.25) is 0 Å². The fourth-order valence-corrected chi connectivity index (χ4v) is 5.07. The third-order valence-electron chi connectivity index (χ3n) is 6.89. The van der Waals surface area contributed by atoms with Crippen LogP contribution < -0.4 is 10.2 Å². The number of pyridine rings is 1. The van der Waals surface area contributed by atoms with E-state index in [0.29, 0.717) is 17.8 Å². The van der Waals surface area contributed by atoms with Gasteiger partial charge < -0.3 is 15.0 Å². The number of fused-ring (bicyclic) bond motifs is 3. The second-order valence-corrected chi connectivity index (χ2v) is 9.23. The van der Waals surface area contributed by atoms with Gasteiger partial charge in [0.15, 0.2) is 5.82 Å². The number of nitrogens with zero attached hydrogens (tertiary/aromatic N) is 4. The van der Waals surface area contributed by atoms with Crippen molar-refractivity contribution >= 4 is 22.4 Å². The van der Waals surface area contributed by atoms with Gasteiger partial charge in [0, 0.05) is 24.1 Å². The van der Waals surface area contributed by atoms with E-state index in [2.05, 4.69) is 26.5 Å². The highest BCUT2D eigenvalue weighted by atomic mass is 19.3. The van der Waals surface area contributed by atoms with Crippen LogP contribution in [0.3, 0.4) is 0 Å². The molecule has 1 N–H and O–H groups in total. The summed E-state index contributed by atoms with van der Waals surface area (Å²) in [6, 6.07) is 8.77. The molecule has 0 spiro atoms. The minimum Gasteiger partial charge on any atom is -0.379 e. The molecule has 0 radical (unpaired) electrons. The standard InChI is InChI=1S/C25H29F2N5O/c1-14(18-5-4-6-19(10-18)24(26)27)29-25-21-11-22(15(2)28-23(21)16(3)30-31-25)32-12-17-7-8-33-13-20(32)9-17/h4-6,10-11,14,17,20,24H,7-9,12-13H2,1-3H3,(H,29,31)/t14-,17?,20?/m1/s1. The lowest BCUT2D eigenvalue weighted by atomic mass is 10.0. The smallest absolute Gasteiger partial charge is 0.263 e. The van der Waals surface area contributed by atoms with Gasteiger partial charge in [0.1, 0.15) is 0 Å². The highest BCUT2D eigenvalue weighted by molar-refractivity contribution is 5.93. The van der Waals surface area contributed by atoms with E-state index in [-0.39, 0.29) is 11.6 Å². The molecule has 5 rings (SSSR count). The van der Waals surface area contributed by atoms with Crippen LogP contribution in [0.1, 0.15) is 54.7 Å². The fraction of sp³-hybridized carbons (Fsp3) is 0.480. The van der Waals surface area contributed by atoms with Crippen LogP contribution in [-0.2, 0) is 4.74 Å². The van der Waals surface area contributed by atoms with Crippen molar-refractivity contribution in [1.82, 2.24) is 15.2 Å². The van der Waals surface area contributed by atoms with E-state index in [0.717, 1.165) is 66.1 Å². The molecule has 33 heavy (non-hydrogen) atoms. The van der Waals surface area contributed by atoms with E-state index >= 15 is 0 Å². The maximum atomic E-state index is 13.2. The van der Waals surface area contributed by atoms with Crippen molar-refractivity contribution in [2.45, 2.75) is 52.1 Å². The normalized spacial score (nSPS) is 21.5. The van der Waals surface area contributed by atoms with Crippen LogP contribution in [0.2, 0.25) is 0 Å². The average Bonchev–Trinajstić information content (AvgIpc) is 3.05. The molecule has 3 atom stereocenters. The summed E-state index contributed by atoms with van der Waals surface area (Å²) >= 11 is 0. The third kappa shape index (κ3) is 4.24. The van der Waals surface area contributed by atoms with Crippen LogP contribution in [0, 0.1) is 19.8 Å². The van der Waals surface area contributed by atoms with Gasteiger partial charge in [0.2, 0.25) is 0 Å². The van der Waals surface area contributed by atoms with Gasteiger partial charge in [0.25, 0.3) is 6.43 Å². The van der Waals surface area contributed by atoms with Gasteiger partial charge in [-0.1, -0.05) is 18.2 Å². The number of aryl methyl sites for hydroxylation is 2. The second kappa shape index (κ2) is 8.82. The largest absolute Gasteiger partial charge is 0.379 e. The van der Waals surface area contributed by atoms with Crippen molar-refractivity contribution in [2.75, 3.05) is 30.0 Å². The molecule has 8 heteroatoms. The molecule has 0 saturated carbocycles. The predicted molar refractivity (Wildman–Crippen MR) is 125 cm³/mol. The maximum absolute atomic E-state index is 13.2. The number of nitrogens with one attached hydrogen (secondary N) is 1. The lowest BCUT2D eigenvalue weighted by molar-refractivity contribution is 0.125. The molecule has 1 aromatic carbocycles. The summed E-state index contributed by atoms with van der Waals surface area (Å²) in [6.07, 6.45) is -0.257. The molecule has 2 bridgehead atoms. The minimum atomic E-state index is -2.50. The van der Waals surface area contributed by atoms with Gasteiger partial charge in [-0.15, -0.1) is 5.10 Å². The van der Waals surface area contributed by atoms with Crippen molar-refractivity contribution in [2.24, 2.45) is 5.92 Å². The lowest BCUT2D eigenvalue weighted by Gasteiger charge is -2.29. The monoisotopic (exact) mass is 453 g/mol. The summed E-state index contributed by atoms with van der Waals surface area (Å²) in [4.78, 5) is 7.34. The fourth-order valence-electron chi connectivity index (χ4n) is 5.07. The number of aromatic nitrogens is 3. The van der Waals surface area contributed by atoms with Gasteiger partial charge in [-0.2, -0.15) is 5.10 Å². The van der Waals surface area contributed by atoms with Crippen LogP contribution in [0.25, 0.3) is 10.9 Å². The number of hydrogen-bond acceptors (Lipinski definition) is 6. The first kappa shape index (κ1) is 21.9. The second-order valence-electron chi connectivity index (χ2n) is 9.23. The molecule has 0 amide bonds. The van der Waals surface area contributed by atoms with E-state index in [1.54, 1.807) is 6.07 Å². The van der Waals surface area contributed by atoms with E-state index in [1.165, 1.54) is 12.1 Å². The highest BCUT2D eigenvalue weighted by Gasteiger charge is 2.35. The third-order valence-corrected chi connectivity index (χ3v) is 6.89. The molecule has 4 heterocycles. The highest BCUT2D eigenvalue weighted by Crippen LogP contribution is 2.37. The van der Waals surface area contributed by atoms with E-state index in [4.69, 9.17) is 9.72 Å². The van der Waals surface area contributed by atoms with Crippen LogP contribution in [0.4, 0.5) is 20.3 Å². The van der Waals surface area contributed by atoms with E-state index < -0.39 is 6.43 Å². The van der Waals surface area contributed by atoms with Gasteiger partial charge in [-0.25, -0.2) is 13.8 Å². The van der Waals surface area contributed by atoms with Gasteiger partial charge in [0.05, 0.1) is 41.3 Å². The Kier molecular flexibility index (Phi) is 5.86. The summed E-state index contributed by atoms with van der Waals surface area (Å²) in [7, 11) is 0. The zero-order valence-electron chi connectivity index (χ0n) is 19.2. The van der Waals surface area contributed by atoms with Gasteiger partial charge in [-0.05, 0) is 57.2 Å². The number of benzene rings is 1. The maximum Gasteiger partial charge on any atom is 0.263 e. The van der Waals surface area contributed by atoms with Crippen LogP contribution >= 0.6 is 0 Å². The molecule has 3 aromatic rings. The summed E-state index contributed by atoms with van der Waals surface area (Å²) in [5.41, 5.74) is 4.41. The topological polar surface area (TPSA) is 63.2 Å². The zero-order valence-corrected chi connectivity index (χ0v) is 19.2. The number of hydrogen-bond donors (Lipinski definition) is 1. The summed E-state index contributed by atoms with van der Waals surface area (Å²) in [6.45, 7) is 8.48. The Morgan fingerprint density at radius 3 is 2.76 bits per heavy atom. The van der Waals surface area contributed by atoms with Crippen molar-refractivity contribution < 1.29 is 13.5 Å². The number of anilines is 2. The van der Waals surface area contributed by atoms with Crippen molar-refractivity contribution in [3.05, 3.63) is 52.8 Å². The Morgan fingerprint density at radius 2 is 1.94 bits per heavy atom. The Morgan fingerprint density at radius 1 is 1.12 bits per heavy atom. The molecule has 2 fully saturated rings. The number of halogens is 2. The Bertz CT molecular complexity index is 1170. The number of rotatable bonds is 5. The summed E-state index contributed by atoms with van der Waals surface area (Å²) in [5.74, 6) is 1.25. The summed E-state index contributed by atoms with van der Waals surface area (Å²) in [5, 5.41) is 13.0. The van der Waals surface area contributed by atoms with Gasteiger partial charge >= 0.3 is 0 Å². The van der Waals surface area contributed by atoms with Crippen LogP contribution in [0.5, 0.6) is 0 Å². The van der Waals surface area contributed by atoms with Crippen molar-refractivity contribution in [3.8, 4) is 0 Å². The first-order chi connectivity index (χ1) is 15.9. The predicted octanol–water partition coefficient (Wildman–Crippen LogP) is 5.37. The van der Waals surface area contributed by atoms with Crippen molar-refractivity contribution in [1.29, 1.82) is 0 Å². The number of alkyl halides is 2. The molecular formula is C25H29F2N5O.